The molecule has 3 aromatic rings. The molecule has 0 aliphatic rings. The van der Waals surface area contributed by atoms with Crippen molar-refractivity contribution < 1.29 is 13.2 Å². The summed E-state index contributed by atoms with van der Waals surface area (Å²) in [4.78, 5) is 17.6. The van der Waals surface area contributed by atoms with Crippen LogP contribution in [0.25, 0.3) is 10.2 Å². The molecule has 0 fully saturated rings. The topological polar surface area (TPSA) is 86.3 Å². The molecule has 3 rings (SSSR count). The molecule has 0 spiro atoms. The lowest BCUT2D eigenvalue weighted by Gasteiger charge is -2.04. The number of fused-ring (bicyclic) bond motifs is 1. The fourth-order valence-corrected chi connectivity index (χ4v) is 4.76. The summed E-state index contributed by atoms with van der Waals surface area (Å²) in [5.41, 5.74) is 2.03. The van der Waals surface area contributed by atoms with E-state index in [9.17, 15) is 13.2 Å². The highest BCUT2D eigenvalue weighted by Crippen LogP contribution is 2.22. The lowest BCUT2D eigenvalue weighted by Crippen LogP contribution is -2.18. The molecule has 1 aromatic carbocycles. The Hall–Kier alpha value is -1.91. The van der Waals surface area contributed by atoms with Crippen molar-refractivity contribution in [2.75, 3.05) is 18.3 Å². The molecule has 0 radical (unpaired) electrons. The normalized spacial score (nSPS) is 12.8. The van der Waals surface area contributed by atoms with Gasteiger partial charge in [0, 0.05) is 31.3 Å². The summed E-state index contributed by atoms with van der Waals surface area (Å²) < 4.78 is 28.1. The number of carbonyl (C=O) groups excluding carboxylic acids is 1. The average molecular weight is 425 g/mol. The number of amides is 1. The van der Waals surface area contributed by atoms with E-state index in [-0.39, 0.29) is 4.90 Å². The zero-order valence-corrected chi connectivity index (χ0v) is 17.9. The predicted octanol–water partition coefficient (Wildman–Crippen LogP) is 2.25. The highest BCUT2D eigenvalue weighted by Gasteiger charge is 2.14. The van der Waals surface area contributed by atoms with Crippen LogP contribution in [0.15, 0.2) is 34.2 Å². The van der Waals surface area contributed by atoms with Crippen molar-refractivity contribution in [2.24, 2.45) is 12.0 Å². The van der Waals surface area contributed by atoms with E-state index in [2.05, 4.69) is 10.1 Å². The molecule has 7 nitrogen and oxygen atoms in total. The standard InChI is InChI=1S/C17H20N4O3S3/c1-11-9-13(19-20(11)2)16(22)18-17-21(7-8-25-3)14-6-5-12(27(4,23)24)10-15(14)26-17/h5-6,9-10H,7-8H2,1-4H3. The molecule has 0 atom stereocenters. The van der Waals surface area contributed by atoms with E-state index >= 15 is 0 Å². The molecule has 0 bridgehead atoms. The van der Waals surface area contributed by atoms with Gasteiger partial charge in [-0.2, -0.15) is 21.9 Å². The number of hydrogen-bond donors (Lipinski definition) is 0. The van der Waals surface area contributed by atoms with E-state index in [4.69, 9.17) is 0 Å². The van der Waals surface area contributed by atoms with Crippen LogP contribution < -0.4 is 4.80 Å². The van der Waals surface area contributed by atoms with E-state index in [1.807, 2.05) is 17.7 Å². The van der Waals surface area contributed by atoms with E-state index in [0.717, 1.165) is 21.7 Å². The number of sulfone groups is 1. The van der Waals surface area contributed by atoms with Gasteiger partial charge in [-0.15, -0.1) is 0 Å². The van der Waals surface area contributed by atoms with Crippen molar-refractivity contribution in [1.82, 2.24) is 14.3 Å². The minimum absolute atomic E-state index is 0.256. The first-order valence-corrected chi connectivity index (χ1v) is 12.2. The van der Waals surface area contributed by atoms with Crippen LogP contribution in [0, 0.1) is 6.92 Å². The number of thiazole rings is 1. The molecule has 2 heterocycles. The third kappa shape index (κ3) is 4.17. The maximum atomic E-state index is 12.6. The first kappa shape index (κ1) is 19.8. The third-order valence-electron chi connectivity index (χ3n) is 4.13. The second-order valence-corrected chi connectivity index (χ2v) is 10.2. The van der Waals surface area contributed by atoms with Gasteiger partial charge in [0.15, 0.2) is 20.3 Å². The molecular formula is C17H20N4O3S3. The number of rotatable bonds is 5. The summed E-state index contributed by atoms with van der Waals surface area (Å²) in [6, 6.07) is 6.71. The van der Waals surface area contributed by atoms with Gasteiger partial charge in [-0.3, -0.25) is 9.48 Å². The van der Waals surface area contributed by atoms with Crippen LogP contribution in [0.3, 0.4) is 0 Å². The maximum Gasteiger partial charge on any atom is 0.300 e. The quantitative estimate of drug-likeness (QED) is 0.627. The van der Waals surface area contributed by atoms with Crippen LogP contribution >= 0.6 is 23.1 Å². The fraction of sp³-hybridized carbons (Fsp3) is 0.353. The van der Waals surface area contributed by atoms with E-state index < -0.39 is 15.7 Å². The Kier molecular flexibility index (Phi) is 5.59. The minimum Gasteiger partial charge on any atom is -0.316 e. The van der Waals surface area contributed by atoms with E-state index in [1.54, 1.807) is 47.8 Å². The Balaban J connectivity index is 2.16. The summed E-state index contributed by atoms with van der Waals surface area (Å²) in [6.07, 6.45) is 3.19. The molecular weight excluding hydrogens is 404 g/mol. The number of carbonyl (C=O) groups is 1. The predicted molar refractivity (Wildman–Crippen MR) is 109 cm³/mol. The summed E-state index contributed by atoms with van der Waals surface area (Å²) >= 11 is 3.00. The van der Waals surface area contributed by atoms with Gasteiger partial charge in [0.25, 0.3) is 5.91 Å². The monoisotopic (exact) mass is 424 g/mol. The van der Waals surface area contributed by atoms with Crippen molar-refractivity contribution >= 4 is 49.1 Å². The van der Waals surface area contributed by atoms with Crippen LogP contribution in [-0.2, 0) is 23.4 Å². The number of nitrogens with zero attached hydrogens (tertiary/aromatic N) is 4. The second kappa shape index (κ2) is 7.61. The first-order chi connectivity index (χ1) is 12.7. The molecule has 0 saturated heterocycles. The number of benzene rings is 1. The fourth-order valence-electron chi connectivity index (χ4n) is 2.58. The van der Waals surface area contributed by atoms with Gasteiger partial charge >= 0.3 is 0 Å². The van der Waals surface area contributed by atoms with Gasteiger partial charge in [-0.05, 0) is 37.4 Å². The Bertz CT molecular complexity index is 1170. The molecule has 0 saturated carbocycles. The molecule has 0 unspecified atom stereocenters. The zero-order valence-electron chi connectivity index (χ0n) is 15.5. The van der Waals surface area contributed by atoms with Gasteiger partial charge in [-0.1, -0.05) is 11.3 Å². The van der Waals surface area contributed by atoms with E-state index in [0.29, 0.717) is 17.0 Å². The van der Waals surface area contributed by atoms with Crippen molar-refractivity contribution in [2.45, 2.75) is 18.4 Å². The van der Waals surface area contributed by atoms with Gasteiger partial charge < -0.3 is 4.57 Å². The number of aromatic nitrogens is 3. The average Bonchev–Trinajstić information content (AvgIpc) is 3.11. The number of aryl methyl sites for hydroxylation is 3. The molecule has 0 aliphatic heterocycles. The number of hydrogen-bond acceptors (Lipinski definition) is 6. The Morgan fingerprint density at radius 2 is 2.07 bits per heavy atom. The Morgan fingerprint density at radius 3 is 2.67 bits per heavy atom. The van der Waals surface area contributed by atoms with Gasteiger partial charge in [0.1, 0.15) is 0 Å². The summed E-state index contributed by atoms with van der Waals surface area (Å²) in [7, 11) is -1.53. The highest BCUT2D eigenvalue weighted by atomic mass is 32.2. The third-order valence-corrected chi connectivity index (χ3v) is 6.87. The largest absolute Gasteiger partial charge is 0.316 e. The highest BCUT2D eigenvalue weighted by molar-refractivity contribution is 7.98. The molecule has 0 N–H and O–H groups in total. The van der Waals surface area contributed by atoms with E-state index in [1.165, 1.54) is 17.6 Å². The van der Waals surface area contributed by atoms with Crippen molar-refractivity contribution in [1.29, 1.82) is 0 Å². The summed E-state index contributed by atoms with van der Waals surface area (Å²) in [6.45, 7) is 2.54. The SMILES string of the molecule is CSCCn1c(=NC(=O)c2cc(C)n(C)n2)sc2cc(S(C)(=O)=O)ccc21. The van der Waals surface area contributed by atoms with Gasteiger partial charge in [0.05, 0.1) is 15.1 Å². The number of thioether (sulfide) groups is 1. The van der Waals surface area contributed by atoms with Gasteiger partial charge in [0.2, 0.25) is 0 Å². The molecule has 1 amide bonds. The Morgan fingerprint density at radius 1 is 1.33 bits per heavy atom. The lowest BCUT2D eigenvalue weighted by atomic mass is 10.3. The Labute approximate surface area is 165 Å². The summed E-state index contributed by atoms with van der Waals surface area (Å²) in [5.74, 6) is 0.440. The molecule has 144 valence electrons. The first-order valence-electron chi connectivity index (χ1n) is 8.13. The molecule has 10 heteroatoms. The van der Waals surface area contributed by atoms with Crippen molar-refractivity contribution in [3.63, 3.8) is 0 Å². The summed E-state index contributed by atoms with van der Waals surface area (Å²) in [5, 5.41) is 4.18. The smallest absolute Gasteiger partial charge is 0.300 e. The minimum atomic E-state index is -3.30. The van der Waals surface area contributed by atoms with Crippen LogP contribution in [0.2, 0.25) is 0 Å². The molecule has 0 aliphatic carbocycles. The molecule has 2 aromatic heterocycles. The molecule has 27 heavy (non-hydrogen) atoms. The van der Waals surface area contributed by atoms with Crippen molar-refractivity contribution in [3.05, 3.63) is 40.5 Å². The maximum absolute atomic E-state index is 12.6. The van der Waals surface area contributed by atoms with Crippen LogP contribution in [0.5, 0.6) is 0 Å². The van der Waals surface area contributed by atoms with Crippen molar-refractivity contribution in [3.8, 4) is 0 Å². The van der Waals surface area contributed by atoms with Crippen LogP contribution in [0.4, 0.5) is 0 Å². The van der Waals surface area contributed by atoms with Gasteiger partial charge in [-0.25, -0.2) is 8.42 Å². The lowest BCUT2D eigenvalue weighted by molar-refractivity contribution is 0.0992. The second-order valence-electron chi connectivity index (χ2n) is 6.14. The zero-order chi connectivity index (χ0) is 19.8. The van der Waals surface area contributed by atoms with Crippen LogP contribution in [-0.4, -0.2) is 46.9 Å². The van der Waals surface area contributed by atoms with Crippen LogP contribution in [0.1, 0.15) is 16.2 Å².